The first-order chi connectivity index (χ1) is 36.4. The zero-order valence-electron chi connectivity index (χ0n) is 46.0. The minimum absolute atomic E-state index is 0.00824. The van der Waals surface area contributed by atoms with Crippen LogP contribution in [0.2, 0.25) is 0 Å². The Morgan fingerprint density at radius 2 is 1.09 bits per heavy atom. The van der Waals surface area contributed by atoms with Gasteiger partial charge in [-0.2, -0.15) is 0 Å². The van der Waals surface area contributed by atoms with Gasteiger partial charge in [0.25, 0.3) is 0 Å². The number of ketones is 1. The molecule has 0 aromatic carbocycles. The number of allylic oxidation sites excluding steroid dienone is 1. The maximum Gasteiger partial charge on any atom is 0.187 e. The number of aliphatic hydroxyl groups excluding tert-OH is 14. The number of carbonyl (C=O) groups is 1. The predicted octanol–water partition coefficient (Wildman–Crippen LogP) is -3.02. The summed E-state index contributed by atoms with van der Waals surface area (Å²) in [5.74, 6) is -0.0692. The summed E-state index contributed by atoms with van der Waals surface area (Å²) in [6.45, 7) is 13.2. The fourth-order valence-electron chi connectivity index (χ4n) is 15.4. The minimum Gasteiger partial charge on any atom is -0.394 e. The average molecular weight is 1120 g/mol. The van der Waals surface area contributed by atoms with E-state index in [9.17, 15) is 81.4 Å². The van der Waals surface area contributed by atoms with E-state index >= 15 is 0 Å². The van der Waals surface area contributed by atoms with Gasteiger partial charge in [-0.1, -0.05) is 47.1 Å². The highest BCUT2D eigenvalue weighted by molar-refractivity contribution is 5.95. The topological polar surface area (TPSA) is 394 Å². The van der Waals surface area contributed by atoms with Crippen LogP contribution < -0.4 is 0 Å². The van der Waals surface area contributed by atoms with Gasteiger partial charge in [0.2, 0.25) is 0 Å². The molecule has 0 aromatic heterocycles. The van der Waals surface area contributed by atoms with Crippen LogP contribution >= 0.6 is 0 Å². The number of aliphatic hydroxyl groups is 15. The summed E-state index contributed by atoms with van der Waals surface area (Å²) in [7, 11) is 0. The molecule has 4 saturated heterocycles. The quantitative estimate of drug-likeness (QED) is 0.0689. The summed E-state index contributed by atoms with van der Waals surface area (Å²) >= 11 is 0. The third-order valence-corrected chi connectivity index (χ3v) is 20.5. The molecule has 4 heterocycles. The summed E-state index contributed by atoms with van der Waals surface area (Å²) in [4.78, 5) is 15.0. The van der Waals surface area contributed by atoms with Crippen molar-refractivity contribution in [2.24, 2.45) is 45.3 Å². The lowest BCUT2D eigenvalue weighted by atomic mass is 9.39. The summed E-state index contributed by atoms with van der Waals surface area (Å²) < 4.78 is 47.6. The Hall–Kier alpha value is -1.51. The normalized spacial score (nSPS) is 50.5. The molecule has 7 fully saturated rings. The minimum atomic E-state index is -1.94. The van der Waals surface area contributed by atoms with Gasteiger partial charge in [0.15, 0.2) is 30.9 Å². The molecule has 0 aromatic rings. The van der Waals surface area contributed by atoms with Crippen LogP contribution in [0.1, 0.15) is 107 Å². The van der Waals surface area contributed by atoms with Crippen molar-refractivity contribution >= 4 is 5.78 Å². The maximum absolute atomic E-state index is 15.0. The molecule has 8 aliphatic rings. The lowest BCUT2D eigenvalue weighted by molar-refractivity contribution is -0.380. The average Bonchev–Trinajstić information content (AvgIpc) is 3.68. The Kier molecular flexibility index (Phi) is 18.8. The SMILES string of the molecule is C[C@H](CC[C@@H](O[C@@H]1O[C@H](CO[C@@H]2O[C@H](CO)[C@@H](O)[C@H](O)[C@H]2O)[C@@H](O)[C@H](O)[C@H]1O[C@@H]1O[C@H](CO)[C@@H](O)[C@H](O)[C@H]1O)C(C)(C)O)C1CC[C@@]2(C)C3C(=O)C=C4C(CC[C@H](O[C@@H]5O[C@H](CO)[C@@H](O)[C@H](O)[C@H]5O)C4(C)C)[C@]3(C)CC[C@]12C. The monoisotopic (exact) mass is 1120 g/mol. The standard InChI is InChI=1S/C54H90O24/c1-22(23-13-14-54(8)45-26(58)17-25-24(52(45,6)15-16-53(23,54)7)10-12-31(50(25,2)3)76-47-42(68)38(64)34(60)28(19-56)73-47)9-11-32(51(4,5)70)77-49-44(78-48-43(69)39(65)35(61)29(20-57)74-48)40(66)36(62)30(75-49)21-71-46-41(67)37(63)33(59)27(18-55)72-46/h17,22-24,27-49,55-57,59-70H,9-16,18-21H2,1-8H3/t22-,23?,24?,27-,28-,29-,30-,31+,32-,33-,34-,35-,36-,37+,38+,39+,40+,41-,42-,43-,44-,45?,46-,47+,48+,49+,52+,53-,54+/m1/s1. The molecule has 3 unspecified atom stereocenters. The Labute approximate surface area is 454 Å². The molecule has 0 radical (unpaired) electrons. The van der Waals surface area contributed by atoms with E-state index in [1.54, 1.807) is 0 Å². The van der Waals surface area contributed by atoms with Crippen molar-refractivity contribution in [3.05, 3.63) is 11.6 Å². The van der Waals surface area contributed by atoms with E-state index in [1.165, 1.54) is 13.8 Å². The highest BCUT2D eigenvalue weighted by Gasteiger charge is 2.70. The van der Waals surface area contributed by atoms with Gasteiger partial charge >= 0.3 is 0 Å². The van der Waals surface area contributed by atoms with Crippen LogP contribution in [0, 0.1) is 45.3 Å². The van der Waals surface area contributed by atoms with Gasteiger partial charge in [0.1, 0.15) is 97.7 Å². The van der Waals surface area contributed by atoms with E-state index in [0.717, 1.165) is 31.3 Å². The second kappa shape index (κ2) is 23.5. The Morgan fingerprint density at radius 3 is 1.63 bits per heavy atom. The largest absolute Gasteiger partial charge is 0.394 e. The predicted molar refractivity (Wildman–Crippen MR) is 267 cm³/mol. The van der Waals surface area contributed by atoms with Crippen molar-refractivity contribution in [1.82, 2.24) is 0 Å². The van der Waals surface area contributed by atoms with Gasteiger partial charge in [0.05, 0.1) is 44.2 Å². The lowest BCUT2D eigenvalue weighted by Gasteiger charge is -2.65. The van der Waals surface area contributed by atoms with Crippen LogP contribution in [0.3, 0.4) is 0 Å². The van der Waals surface area contributed by atoms with Gasteiger partial charge in [-0.25, -0.2) is 0 Å². The Balaban J connectivity index is 0.987. The van der Waals surface area contributed by atoms with Crippen molar-refractivity contribution < 1.29 is 119 Å². The van der Waals surface area contributed by atoms with Gasteiger partial charge in [-0.05, 0) is 105 Å². The first kappa shape index (κ1) is 62.5. The molecule has 3 saturated carbocycles. The van der Waals surface area contributed by atoms with Crippen LogP contribution in [0.5, 0.6) is 0 Å². The van der Waals surface area contributed by atoms with E-state index in [2.05, 4.69) is 27.7 Å². The van der Waals surface area contributed by atoms with Crippen LogP contribution in [0.25, 0.3) is 0 Å². The summed E-state index contributed by atoms with van der Waals surface area (Å²) in [6, 6.07) is 0. The summed E-state index contributed by atoms with van der Waals surface area (Å²) in [5, 5.41) is 159. The molecule has 15 N–H and O–H groups in total. The van der Waals surface area contributed by atoms with Crippen molar-refractivity contribution in [2.45, 2.75) is 247 Å². The van der Waals surface area contributed by atoms with Gasteiger partial charge in [-0.15, -0.1) is 0 Å². The van der Waals surface area contributed by atoms with E-state index in [4.69, 9.17) is 37.9 Å². The maximum atomic E-state index is 15.0. The van der Waals surface area contributed by atoms with E-state index in [0.29, 0.717) is 19.3 Å². The number of hydrogen-bond donors (Lipinski definition) is 15. The fourth-order valence-corrected chi connectivity index (χ4v) is 15.4. The molecule has 0 spiro atoms. The molecule has 29 atom stereocenters. The molecule has 4 aliphatic heterocycles. The van der Waals surface area contributed by atoms with E-state index in [1.807, 2.05) is 19.9 Å². The highest BCUT2D eigenvalue weighted by Crippen LogP contribution is 2.74. The molecular formula is C54H90O24. The van der Waals surface area contributed by atoms with E-state index in [-0.39, 0.29) is 41.3 Å². The third-order valence-electron chi connectivity index (χ3n) is 20.5. The van der Waals surface area contributed by atoms with Crippen molar-refractivity contribution in [2.75, 3.05) is 26.4 Å². The van der Waals surface area contributed by atoms with Crippen molar-refractivity contribution in [3.8, 4) is 0 Å². The molecular weight excluding hydrogens is 1030 g/mol. The number of hydrogen-bond acceptors (Lipinski definition) is 24. The number of rotatable bonds is 17. The number of ether oxygens (including phenoxy) is 8. The summed E-state index contributed by atoms with van der Waals surface area (Å²) in [6.07, 6.45) is -27.5. The van der Waals surface area contributed by atoms with E-state index < -0.39 is 183 Å². The molecule has 24 nitrogen and oxygen atoms in total. The lowest BCUT2D eigenvalue weighted by Crippen LogP contribution is -2.65. The highest BCUT2D eigenvalue weighted by atomic mass is 16.8. The van der Waals surface area contributed by atoms with Crippen LogP contribution in [0.4, 0.5) is 0 Å². The van der Waals surface area contributed by atoms with Crippen molar-refractivity contribution in [3.63, 3.8) is 0 Å². The van der Waals surface area contributed by atoms with Crippen LogP contribution in [-0.2, 0) is 42.7 Å². The Bertz CT molecular complexity index is 2070. The second-order valence-electron chi connectivity index (χ2n) is 25.8. The van der Waals surface area contributed by atoms with Crippen LogP contribution in [0.15, 0.2) is 11.6 Å². The van der Waals surface area contributed by atoms with Gasteiger partial charge in [-0.3, -0.25) is 4.79 Å². The molecule has 4 aliphatic carbocycles. The first-order valence-electron chi connectivity index (χ1n) is 27.9. The van der Waals surface area contributed by atoms with Gasteiger partial charge < -0.3 is 114 Å². The van der Waals surface area contributed by atoms with Gasteiger partial charge in [0, 0.05) is 11.3 Å². The molecule has 24 heteroatoms. The van der Waals surface area contributed by atoms with Crippen molar-refractivity contribution in [1.29, 1.82) is 0 Å². The number of fused-ring (bicyclic) bond motifs is 5. The number of carbonyl (C=O) groups excluding carboxylic acids is 1. The second-order valence-corrected chi connectivity index (χ2v) is 25.8. The van der Waals surface area contributed by atoms with Crippen LogP contribution in [-0.4, -0.2) is 249 Å². The molecule has 450 valence electrons. The Morgan fingerprint density at radius 1 is 0.590 bits per heavy atom. The smallest absolute Gasteiger partial charge is 0.187 e. The zero-order valence-corrected chi connectivity index (χ0v) is 46.0. The third kappa shape index (κ3) is 11.0. The first-order valence-corrected chi connectivity index (χ1v) is 27.9. The molecule has 8 rings (SSSR count). The zero-order chi connectivity index (χ0) is 57.5. The molecule has 0 bridgehead atoms. The molecule has 78 heavy (non-hydrogen) atoms. The fraction of sp³-hybridized carbons (Fsp3) is 0.944. The summed E-state index contributed by atoms with van der Waals surface area (Å²) in [5.41, 5.74) is -2.43. The molecule has 0 amide bonds.